The molecule has 0 fully saturated rings. The van der Waals surface area contributed by atoms with E-state index in [1.807, 2.05) is 105 Å². The van der Waals surface area contributed by atoms with E-state index in [9.17, 15) is 4.79 Å². The molecule has 0 aliphatic rings. The first-order valence-electron chi connectivity index (χ1n) is 12.0. The van der Waals surface area contributed by atoms with E-state index in [0.717, 1.165) is 33.6 Å². The molecule has 5 rings (SSSR count). The smallest absolute Gasteiger partial charge is 0.340 e. The van der Waals surface area contributed by atoms with Gasteiger partial charge in [-0.2, -0.15) is 0 Å². The number of hydrogen-bond acceptors (Lipinski definition) is 7. The Kier molecular flexibility index (Phi) is 7.08. The van der Waals surface area contributed by atoms with Gasteiger partial charge in [-0.3, -0.25) is 4.98 Å². The fourth-order valence-electron chi connectivity index (χ4n) is 4.10. The van der Waals surface area contributed by atoms with Crippen LogP contribution in [-0.2, 0) is 4.74 Å². The van der Waals surface area contributed by atoms with Crippen molar-refractivity contribution in [3.05, 3.63) is 112 Å². The minimum absolute atomic E-state index is 0.349. The van der Waals surface area contributed by atoms with Gasteiger partial charge in [0.1, 0.15) is 22.9 Å². The maximum atomic E-state index is 12.5. The lowest BCUT2D eigenvalue weighted by Crippen LogP contribution is -2.05. The molecule has 3 aromatic heterocycles. The zero-order valence-corrected chi connectivity index (χ0v) is 21.2. The minimum atomic E-state index is -0.473. The quantitative estimate of drug-likeness (QED) is 0.218. The van der Waals surface area contributed by atoms with Crippen molar-refractivity contribution in [2.45, 2.75) is 13.8 Å². The van der Waals surface area contributed by atoms with E-state index in [2.05, 4.69) is 15.3 Å². The van der Waals surface area contributed by atoms with Gasteiger partial charge in [-0.1, -0.05) is 77.1 Å². The third-order valence-electron chi connectivity index (χ3n) is 6.12. The number of carbonyl (C=O) groups is 1. The number of rotatable bonds is 7. The maximum Gasteiger partial charge on any atom is 0.340 e. The minimum Gasteiger partial charge on any atom is -0.465 e. The van der Waals surface area contributed by atoms with Crippen molar-refractivity contribution in [3.63, 3.8) is 0 Å². The molecule has 0 spiro atoms. The van der Waals surface area contributed by atoms with Crippen LogP contribution in [0.4, 0.5) is 0 Å². The van der Waals surface area contributed by atoms with Gasteiger partial charge in [-0.25, -0.2) is 4.79 Å². The first-order chi connectivity index (χ1) is 18.5. The average molecular weight is 504 g/mol. The summed E-state index contributed by atoms with van der Waals surface area (Å²) in [4.78, 5) is 17.0. The van der Waals surface area contributed by atoms with Crippen molar-refractivity contribution >= 4 is 30.3 Å². The predicted octanol–water partition coefficient (Wildman–Crippen LogP) is 7.14. The number of aryl methyl sites for hydroxylation is 2. The fourth-order valence-corrected chi connectivity index (χ4v) is 4.10. The van der Waals surface area contributed by atoms with E-state index in [1.54, 1.807) is 0 Å². The molecule has 0 atom stereocenters. The van der Waals surface area contributed by atoms with Gasteiger partial charge in [0.05, 0.1) is 18.4 Å². The van der Waals surface area contributed by atoms with Crippen LogP contribution in [0.2, 0.25) is 0 Å². The second-order valence-electron chi connectivity index (χ2n) is 8.59. The van der Waals surface area contributed by atoms with Gasteiger partial charge in [-0.15, -0.1) is 0 Å². The van der Waals surface area contributed by atoms with Crippen molar-refractivity contribution in [1.82, 2.24) is 15.3 Å². The second-order valence-corrected chi connectivity index (χ2v) is 8.59. The van der Waals surface area contributed by atoms with Gasteiger partial charge in [-0.05, 0) is 43.7 Å². The first-order valence-corrected chi connectivity index (χ1v) is 12.0. The molecular weight excluding hydrogens is 478 g/mol. The normalized spacial score (nSPS) is 11.4. The molecule has 7 nitrogen and oxygen atoms in total. The van der Waals surface area contributed by atoms with E-state index in [-0.39, 0.29) is 0 Å². The Balaban J connectivity index is 1.51. The Morgan fingerprint density at radius 3 is 1.82 bits per heavy atom. The standard InChI is InChI=1S/C31H25N3O4/c1-20-26(29(33-37-20)22-10-6-4-7-11-22)16-14-24-18-25(32-19-28(24)31(35)36-3)15-17-27-21(2)38-34-30(27)23-12-8-5-9-13-23/h4-19H,1-3H3. The van der Waals surface area contributed by atoms with E-state index in [0.29, 0.717) is 28.3 Å². The zero-order valence-electron chi connectivity index (χ0n) is 21.2. The third-order valence-corrected chi connectivity index (χ3v) is 6.12. The largest absolute Gasteiger partial charge is 0.465 e. The topological polar surface area (TPSA) is 91.2 Å². The maximum absolute atomic E-state index is 12.5. The first kappa shape index (κ1) is 24.6. The predicted molar refractivity (Wildman–Crippen MR) is 147 cm³/mol. The number of nitrogens with zero attached hydrogens (tertiary/aromatic N) is 3. The lowest BCUT2D eigenvalue weighted by molar-refractivity contribution is 0.0600. The number of ether oxygens (including phenoxy) is 1. The zero-order chi connectivity index (χ0) is 26.5. The van der Waals surface area contributed by atoms with Crippen LogP contribution in [0, 0.1) is 13.8 Å². The van der Waals surface area contributed by atoms with Crippen molar-refractivity contribution in [1.29, 1.82) is 0 Å². The van der Waals surface area contributed by atoms with Crippen LogP contribution in [0.15, 0.2) is 82.0 Å². The molecule has 0 amide bonds. The number of methoxy groups -OCH3 is 1. The van der Waals surface area contributed by atoms with E-state index >= 15 is 0 Å². The molecule has 0 unspecified atom stereocenters. The van der Waals surface area contributed by atoms with Crippen LogP contribution in [0.1, 0.15) is 44.3 Å². The highest BCUT2D eigenvalue weighted by Crippen LogP contribution is 2.29. The lowest BCUT2D eigenvalue weighted by atomic mass is 10.0. The molecule has 38 heavy (non-hydrogen) atoms. The van der Waals surface area contributed by atoms with Gasteiger partial charge in [0, 0.05) is 28.5 Å². The van der Waals surface area contributed by atoms with Gasteiger partial charge < -0.3 is 13.8 Å². The van der Waals surface area contributed by atoms with Crippen LogP contribution < -0.4 is 0 Å². The number of benzene rings is 2. The second kappa shape index (κ2) is 10.9. The summed E-state index contributed by atoms with van der Waals surface area (Å²) in [5, 5.41) is 8.46. The highest BCUT2D eigenvalue weighted by atomic mass is 16.5. The van der Waals surface area contributed by atoms with Crippen molar-refractivity contribution in [3.8, 4) is 22.5 Å². The Labute approximate surface area is 220 Å². The molecule has 0 aliphatic carbocycles. The molecule has 188 valence electrons. The summed E-state index contributed by atoms with van der Waals surface area (Å²) >= 11 is 0. The van der Waals surface area contributed by atoms with Crippen LogP contribution in [-0.4, -0.2) is 28.4 Å². The number of carbonyl (C=O) groups excluding carboxylic acids is 1. The van der Waals surface area contributed by atoms with Gasteiger partial charge in [0.15, 0.2) is 0 Å². The molecule has 0 bridgehead atoms. The summed E-state index contributed by atoms with van der Waals surface area (Å²) in [6.07, 6.45) is 9.03. The fraction of sp³-hybridized carbons (Fsp3) is 0.0968. The Morgan fingerprint density at radius 2 is 1.29 bits per heavy atom. The summed E-state index contributed by atoms with van der Waals surface area (Å²) in [6.45, 7) is 3.72. The number of hydrogen-bond donors (Lipinski definition) is 0. The van der Waals surface area contributed by atoms with Crippen LogP contribution in [0.3, 0.4) is 0 Å². The number of aromatic nitrogens is 3. The monoisotopic (exact) mass is 503 g/mol. The molecule has 7 heteroatoms. The summed E-state index contributed by atoms with van der Waals surface area (Å²) in [6, 6.07) is 21.5. The third kappa shape index (κ3) is 5.08. The van der Waals surface area contributed by atoms with Gasteiger partial charge >= 0.3 is 5.97 Å². The van der Waals surface area contributed by atoms with Gasteiger partial charge in [0.2, 0.25) is 0 Å². The molecule has 0 N–H and O–H groups in total. The van der Waals surface area contributed by atoms with Gasteiger partial charge in [0.25, 0.3) is 0 Å². The van der Waals surface area contributed by atoms with Crippen molar-refractivity contribution < 1.29 is 18.6 Å². The Morgan fingerprint density at radius 1 is 0.763 bits per heavy atom. The highest BCUT2D eigenvalue weighted by molar-refractivity contribution is 5.95. The highest BCUT2D eigenvalue weighted by Gasteiger charge is 2.15. The lowest BCUT2D eigenvalue weighted by Gasteiger charge is -2.05. The van der Waals surface area contributed by atoms with E-state index < -0.39 is 5.97 Å². The van der Waals surface area contributed by atoms with Crippen molar-refractivity contribution in [2.75, 3.05) is 7.11 Å². The van der Waals surface area contributed by atoms with Crippen molar-refractivity contribution in [2.24, 2.45) is 0 Å². The average Bonchev–Trinajstić information content (AvgIpc) is 3.52. The molecule has 5 aromatic rings. The van der Waals surface area contributed by atoms with Crippen LogP contribution >= 0.6 is 0 Å². The number of esters is 1. The Hall–Kier alpha value is -5.04. The molecule has 2 aromatic carbocycles. The van der Waals surface area contributed by atoms with E-state index in [1.165, 1.54) is 13.3 Å². The van der Waals surface area contributed by atoms with Crippen LogP contribution in [0.25, 0.3) is 46.8 Å². The molecule has 3 heterocycles. The van der Waals surface area contributed by atoms with E-state index in [4.69, 9.17) is 13.8 Å². The molecular formula is C31H25N3O4. The summed E-state index contributed by atoms with van der Waals surface area (Å²) in [5.74, 6) is 0.896. The summed E-state index contributed by atoms with van der Waals surface area (Å²) < 4.78 is 15.9. The molecule has 0 aliphatic heterocycles. The van der Waals surface area contributed by atoms with Crippen LogP contribution in [0.5, 0.6) is 0 Å². The number of pyridine rings is 1. The molecule has 0 saturated carbocycles. The molecule has 0 saturated heterocycles. The molecule has 0 radical (unpaired) electrons. The summed E-state index contributed by atoms with van der Waals surface area (Å²) in [5.41, 5.74) is 6.72. The Bertz CT molecular complexity index is 1630. The summed E-state index contributed by atoms with van der Waals surface area (Å²) in [7, 11) is 1.35. The SMILES string of the molecule is COC(=O)c1cnc(C=Cc2c(-c3ccccc3)noc2C)cc1C=Cc1c(-c2ccccc2)noc1C.